The molecule has 0 bridgehead atoms. The molecular formula is C12H13BrF2N2O. The van der Waals surface area contributed by atoms with E-state index < -0.39 is 5.92 Å². The fourth-order valence-electron chi connectivity index (χ4n) is 1.92. The molecule has 0 aromatic carbocycles. The van der Waals surface area contributed by atoms with E-state index in [0.29, 0.717) is 0 Å². The lowest BCUT2D eigenvalue weighted by Crippen LogP contribution is -2.43. The van der Waals surface area contributed by atoms with E-state index in [4.69, 9.17) is 0 Å². The van der Waals surface area contributed by atoms with Gasteiger partial charge in [0, 0.05) is 42.8 Å². The van der Waals surface area contributed by atoms with Gasteiger partial charge < -0.3 is 4.90 Å². The Kier molecular flexibility index (Phi) is 3.94. The number of carbonyl (C=O) groups excluding carboxylic acids is 1. The predicted molar refractivity (Wildman–Crippen MR) is 66.4 cm³/mol. The van der Waals surface area contributed by atoms with Gasteiger partial charge in [0.1, 0.15) is 0 Å². The van der Waals surface area contributed by atoms with Gasteiger partial charge in [-0.25, -0.2) is 8.78 Å². The third-order valence-electron chi connectivity index (χ3n) is 2.96. The monoisotopic (exact) mass is 318 g/mol. The van der Waals surface area contributed by atoms with Crippen molar-refractivity contribution in [3.63, 3.8) is 0 Å². The van der Waals surface area contributed by atoms with Crippen molar-refractivity contribution in [3.8, 4) is 0 Å². The summed E-state index contributed by atoms with van der Waals surface area (Å²) in [7, 11) is 0. The summed E-state index contributed by atoms with van der Waals surface area (Å²) in [5.74, 6) is -2.74. The summed E-state index contributed by atoms with van der Waals surface area (Å²) in [6, 6.07) is 1.81. The van der Waals surface area contributed by atoms with Gasteiger partial charge in [0.15, 0.2) is 0 Å². The topological polar surface area (TPSA) is 33.2 Å². The van der Waals surface area contributed by atoms with E-state index in [-0.39, 0.29) is 38.3 Å². The number of halogens is 3. The molecule has 0 atom stereocenters. The van der Waals surface area contributed by atoms with Crippen molar-refractivity contribution in [1.82, 2.24) is 9.88 Å². The number of amides is 1. The van der Waals surface area contributed by atoms with Gasteiger partial charge in [-0.1, -0.05) is 0 Å². The van der Waals surface area contributed by atoms with Crippen LogP contribution in [-0.2, 0) is 11.2 Å². The van der Waals surface area contributed by atoms with Gasteiger partial charge in [-0.2, -0.15) is 0 Å². The second-order valence-corrected chi connectivity index (χ2v) is 5.34. The van der Waals surface area contributed by atoms with E-state index in [2.05, 4.69) is 20.9 Å². The number of likely N-dealkylation sites (tertiary alicyclic amines) is 1. The van der Waals surface area contributed by atoms with Gasteiger partial charge in [-0.05, 0) is 27.6 Å². The normalized spacial score (nSPS) is 18.7. The van der Waals surface area contributed by atoms with Crippen LogP contribution in [-0.4, -0.2) is 34.8 Å². The van der Waals surface area contributed by atoms with Crippen molar-refractivity contribution in [1.29, 1.82) is 0 Å². The zero-order valence-electron chi connectivity index (χ0n) is 9.70. The smallest absolute Gasteiger partial charge is 0.251 e. The number of hydrogen-bond acceptors (Lipinski definition) is 2. The van der Waals surface area contributed by atoms with Gasteiger partial charge in [0.05, 0.1) is 6.42 Å². The van der Waals surface area contributed by atoms with Crippen molar-refractivity contribution in [2.24, 2.45) is 0 Å². The predicted octanol–water partition coefficient (Wildman–Crippen LogP) is 2.64. The molecule has 1 amide bonds. The van der Waals surface area contributed by atoms with Crippen LogP contribution in [0.3, 0.4) is 0 Å². The maximum absolute atomic E-state index is 13.0. The molecule has 0 aliphatic carbocycles. The maximum Gasteiger partial charge on any atom is 0.251 e. The molecule has 0 saturated carbocycles. The summed E-state index contributed by atoms with van der Waals surface area (Å²) in [5.41, 5.74) is 0.784. The first-order chi connectivity index (χ1) is 8.46. The molecule has 6 heteroatoms. The molecule has 98 valence electrons. The highest BCUT2D eigenvalue weighted by Crippen LogP contribution is 2.27. The Morgan fingerprint density at radius 2 is 2.06 bits per heavy atom. The van der Waals surface area contributed by atoms with Gasteiger partial charge >= 0.3 is 0 Å². The molecule has 0 N–H and O–H groups in total. The number of carbonyl (C=O) groups is 1. The molecule has 1 aromatic rings. The quantitative estimate of drug-likeness (QED) is 0.840. The average molecular weight is 319 g/mol. The number of rotatable bonds is 2. The Labute approximate surface area is 112 Å². The highest BCUT2D eigenvalue weighted by molar-refractivity contribution is 9.10. The van der Waals surface area contributed by atoms with Gasteiger partial charge in [0.2, 0.25) is 5.91 Å². The van der Waals surface area contributed by atoms with Gasteiger partial charge in [0.25, 0.3) is 5.92 Å². The van der Waals surface area contributed by atoms with Crippen LogP contribution in [0.2, 0.25) is 0 Å². The van der Waals surface area contributed by atoms with Crippen LogP contribution < -0.4 is 0 Å². The molecule has 3 nitrogen and oxygen atoms in total. The largest absolute Gasteiger partial charge is 0.342 e. The summed E-state index contributed by atoms with van der Waals surface area (Å²) >= 11 is 3.28. The first kappa shape index (κ1) is 13.4. The average Bonchev–Trinajstić information content (AvgIpc) is 2.28. The lowest BCUT2D eigenvalue weighted by Gasteiger charge is -2.31. The molecule has 0 unspecified atom stereocenters. The molecule has 0 spiro atoms. The fraction of sp³-hybridized carbons (Fsp3) is 0.500. The van der Waals surface area contributed by atoms with Crippen LogP contribution >= 0.6 is 15.9 Å². The minimum atomic E-state index is -2.62. The third-order valence-corrected chi connectivity index (χ3v) is 3.40. The van der Waals surface area contributed by atoms with E-state index >= 15 is 0 Å². The Morgan fingerprint density at radius 3 is 2.67 bits per heavy atom. The summed E-state index contributed by atoms with van der Waals surface area (Å²) < 4.78 is 26.7. The number of alkyl halides is 2. The Morgan fingerprint density at radius 1 is 1.39 bits per heavy atom. The molecule has 0 radical (unpaired) electrons. The van der Waals surface area contributed by atoms with Crippen LogP contribution in [0.1, 0.15) is 18.4 Å². The molecule has 2 heterocycles. The summed E-state index contributed by atoms with van der Waals surface area (Å²) in [5, 5.41) is 0. The van der Waals surface area contributed by atoms with E-state index in [1.165, 1.54) is 4.90 Å². The maximum atomic E-state index is 13.0. The van der Waals surface area contributed by atoms with Crippen LogP contribution in [0, 0.1) is 0 Å². The summed E-state index contributed by atoms with van der Waals surface area (Å²) in [6.07, 6.45) is 2.97. The van der Waals surface area contributed by atoms with E-state index in [1.807, 2.05) is 6.07 Å². The van der Waals surface area contributed by atoms with Crippen molar-refractivity contribution in [3.05, 3.63) is 28.5 Å². The molecule has 1 aromatic heterocycles. The zero-order chi connectivity index (χ0) is 13.2. The molecule has 1 aliphatic rings. The molecule has 2 rings (SSSR count). The second-order valence-electron chi connectivity index (χ2n) is 4.42. The van der Waals surface area contributed by atoms with Crippen LogP contribution in [0.25, 0.3) is 0 Å². The van der Waals surface area contributed by atoms with Crippen LogP contribution in [0.5, 0.6) is 0 Å². The standard InChI is InChI=1S/C12H13BrF2N2O/c13-10-5-9(7-16-8-10)6-11(18)17-3-1-12(14,15)2-4-17/h5,7-8H,1-4,6H2. The Balaban J connectivity index is 1.93. The van der Waals surface area contributed by atoms with Crippen molar-refractivity contribution in [2.75, 3.05) is 13.1 Å². The first-order valence-corrected chi connectivity index (χ1v) is 6.51. The first-order valence-electron chi connectivity index (χ1n) is 5.71. The highest BCUT2D eigenvalue weighted by Gasteiger charge is 2.35. The summed E-state index contributed by atoms with van der Waals surface area (Å²) in [4.78, 5) is 17.4. The van der Waals surface area contributed by atoms with Crippen LogP contribution in [0.4, 0.5) is 8.78 Å². The van der Waals surface area contributed by atoms with E-state index in [0.717, 1.165) is 10.0 Å². The minimum Gasteiger partial charge on any atom is -0.342 e. The van der Waals surface area contributed by atoms with Crippen molar-refractivity contribution in [2.45, 2.75) is 25.2 Å². The SMILES string of the molecule is O=C(Cc1cncc(Br)c1)N1CCC(F)(F)CC1. The Bertz CT molecular complexity index is 443. The number of hydrogen-bond donors (Lipinski definition) is 0. The number of piperidine rings is 1. The molecule has 1 aliphatic heterocycles. The fourth-order valence-corrected chi connectivity index (χ4v) is 2.33. The number of nitrogens with zero attached hydrogens (tertiary/aromatic N) is 2. The minimum absolute atomic E-state index is 0.120. The zero-order valence-corrected chi connectivity index (χ0v) is 11.3. The van der Waals surface area contributed by atoms with Gasteiger partial charge in [-0.15, -0.1) is 0 Å². The molecule has 1 fully saturated rings. The van der Waals surface area contributed by atoms with E-state index in [1.54, 1.807) is 12.4 Å². The molecule has 18 heavy (non-hydrogen) atoms. The summed E-state index contributed by atoms with van der Waals surface area (Å²) in [6.45, 7) is 0.264. The van der Waals surface area contributed by atoms with Crippen LogP contribution in [0.15, 0.2) is 22.9 Å². The third kappa shape index (κ3) is 3.48. The Hall–Kier alpha value is -1.04. The lowest BCUT2D eigenvalue weighted by molar-refractivity contribution is -0.136. The van der Waals surface area contributed by atoms with E-state index in [9.17, 15) is 13.6 Å². The van der Waals surface area contributed by atoms with Crippen molar-refractivity contribution >= 4 is 21.8 Å². The molecule has 1 saturated heterocycles. The number of pyridine rings is 1. The molecular weight excluding hydrogens is 306 g/mol. The second kappa shape index (κ2) is 5.30. The highest BCUT2D eigenvalue weighted by atomic mass is 79.9. The number of aromatic nitrogens is 1. The lowest BCUT2D eigenvalue weighted by atomic mass is 10.1. The van der Waals surface area contributed by atoms with Crippen molar-refractivity contribution < 1.29 is 13.6 Å². The van der Waals surface area contributed by atoms with Gasteiger partial charge in [-0.3, -0.25) is 9.78 Å².